The van der Waals surface area contributed by atoms with E-state index in [1.54, 1.807) is 7.11 Å². The molecular weight excluding hydrogens is 238 g/mol. The molecule has 6 heteroatoms. The number of aliphatic carboxylic acids is 1. The van der Waals surface area contributed by atoms with Crippen molar-refractivity contribution in [3.05, 3.63) is 0 Å². The van der Waals surface area contributed by atoms with Crippen molar-refractivity contribution in [3.8, 4) is 0 Å². The summed E-state index contributed by atoms with van der Waals surface area (Å²) in [6.07, 6.45) is 0.470. The zero-order chi connectivity index (χ0) is 13.7. The zero-order valence-electron chi connectivity index (χ0n) is 11.1. The fourth-order valence-corrected chi connectivity index (χ4v) is 2.24. The van der Waals surface area contributed by atoms with Crippen LogP contribution in [0.1, 0.15) is 19.8 Å². The minimum absolute atomic E-state index is 0.0820. The summed E-state index contributed by atoms with van der Waals surface area (Å²) >= 11 is 0. The zero-order valence-corrected chi connectivity index (χ0v) is 11.1. The molecule has 104 valence electrons. The Kier molecular flexibility index (Phi) is 5.55. The second-order valence-corrected chi connectivity index (χ2v) is 4.76. The van der Waals surface area contributed by atoms with Crippen molar-refractivity contribution < 1.29 is 24.2 Å². The number of rotatable bonds is 6. The summed E-state index contributed by atoms with van der Waals surface area (Å²) in [5.74, 6) is -1.03. The molecule has 1 fully saturated rings. The third-order valence-corrected chi connectivity index (χ3v) is 3.18. The van der Waals surface area contributed by atoms with Gasteiger partial charge in [-0.2, -0.15) is 0 Å². The summed E-state index contributed by atoms with van der Waals surface area (Å²) in [6, 6.07) is -0.766. The van der Waals surface area contributed by atoms with E-state index in [4.69, 9.17) is 14.6 Å². The third kappa shape index (κ3) is 3.68. The highest BCUT2D eigenvalue weighted by Gasteiger charge is 2.39. The first-order valence-corrected chi connectivity index (χ1v) is 6.03. The number of ether oxygens (including phenoxy) is 2. The van der Waals surface area contributed by atoms with Crippen LogP contribution in [0.5, 0.6) is 0 Å². The average molecular weight is 259 g/mol. The number of carboxylic acids is 1. The van der Waals surface area contributed by atoms with Crippen LogP contribution in [0.15, 0.2) is 0 Å². The molecule has 3 atom stereocenters. The quantitative estimate of drug-likeness (QED) is 0.745. The van der Waals surface area contributed by atoms with Gasteiger partial charge in [-0.05, 0) is 5.92 Å². The second kappa shape index (κ2) is 6.70. The van der Waals surface area contributed by atoms with Gasteiger partial charge >= 0.3 is 5.97 Å². The van der Waals surface area contributed by atoms with Crippen LogP contribution >= 0.6 is 0 Å². The fraction of sp³-hybridized carbons (Fsp3) is 0.833. The maximum atomic E-state index is 12.1. The van der Waals surface area contributed by atoms with Crippen LogP contribution in [0.25, 0.3) is 0 Å². The van der Waals surface area contributed by atoms with Crippen LogP contribution in [0.4, 0.5) is 0 Å². The Morgan fingerprint density at radius 2 is 2.11 bits per heavy atom. The summed E-state index contributed by atoms with van der Waals surface area (Å²) < 4.78 is 10.1. The lowest BCUT2D eigenvalue weighted by Crippen LogP contribution is -2.41. The van der Waals surface area contributed by atoms with Gasteiger partial charge in [0.2, 0.25) is 5.91 Å². The molecule has 3 unspecified atom stereocenters. The van der Waals surface area contributed by atoms with Crippen LogP contribution in [0.2, 0.25) is 0 Å². The minimum Gasteiger partial charge on any atom is -0.480 e. The monoisotopic (exact) mass is 259 g/mol. The molecule has 1 saturated heterocycles. The van der Waals surface area contributed by atoms with Gasteiger partial charge < -0.3 is 19.5 Å². The summed E-state index contributed by atoms with van der Waals surface area (Å²) in [4.78, 5) is 24.6. The number of carboxylic acid groups (broad SMARTS) is 1. The van der Waals surface area contributed by atoms with Crippen molar-refractivity contribution in [2.45, 2.75) is 31.9 Å². The standard InChI is InChI=1S/C12H21NO5/c1-8(7-17-2)4-11(14)13-6-9(18-3)5-10(13)12(15)16/h8-10H,4-7H2,1-3H3,(H,15,16). The summed E-state index contributed by atoms with van der Waals surface area (Å²) in [6.45, 7) is 2.75. The smallest absolute Gasteiger partial charge is 0.326 e. The van der Waals surface area contributed by atoms with Crippen LogP contribution in [0.3, 0.4) is 0 Å². The molecule has 0 aromatic carbocycles. The number of hydrogen-bond donors (Lipinski definition) is 1. The predicted molar refractivity (Wildman–Crippen MR) is 64.2 cm³/mol. The lowest BCUT2D eigenvalue weighted by atomic mass is 10.1. The van der Waals surface area contributed by atoms with Gasteiger partial charge in [-0.15, -0.1) is 0 Å². The highest BCUT2D eigenvalue weighted by molar-refractivity contribution is 5.84. The topological polar surface area (TPSA) is 76.1 Å². The maximum Gasteiger partial charge on any atom is 0.326 e. The van der Waals surface area contributed by atoms with E-state index >= 15 is 0 Å². The van der Waals surface area contributed by atoms with E-state index in [1.807, 2.05) is 6.92 Å². The van der Waals surface area contributed by atoms with Crippen LogP contribution in [0, 0.1) is 5.92 Å². The normalized spacial score (nSPS) is 25.2. The molecule has 1 aliphatic rings. The van der Waals surface area contributed by atoms with Gasteiger partial charge in [-0.25, -0.2) is 4.79 Å². The Bertz CT molecular complexity index is 307. The van der Waals surface area contributed by atoms with Crippen LogP contribution < -0.4 is 0 Å². The average Bonchev–Trinajstić information content (AvgIpc) is 2.73. The molecule has 1 aliphatic heterocycles. The molecule has 0 aromatic rings. The summed E-state index contributed by atoms with van der Waals surface area (Å²) in [7, 11) is 3.11. The first kappa shape index (κ1) is 14.9. The van der Waals surface area contributed by atoms with E-state index in [2.05, 4.69) is 0 Å². The van der Waals surface area contributed by atoms with E-state index in [0.29, 0.717) is 26.0 Å². The molecule has 0 bridgehead atoms. The molecule has 0 spiro atoms. The summed E-state index contributed by atoms with van der Waals surface area (Å²) in [5, 5.41) is 9.11. The molecule has 0 radical (unpaired) electrons. The van der Waals surface area contributed by atoms with E-state index in [9.17, 15) is 9.59 Å². The molecule has 6 nitrogen and oxygen atoms in total. The number of methoxy groups -OCH3 is 2. The largest absolute Gasteiger partial charge is 0.480 e. The Morgan fingerprint density at radius 3 is 2.61 bits per heavy atom. The lowest BCUT2D eigenvalue weighted by Gasteiger charge is -2.22. The molecule has 1 N–H and O–H groups in total. The number of amides is 1. The van der Waals surface area contributed by atoms with Gasteiger partial charge in [-0.3, -0.25) is 4.79 Å². The van der Waals surface area contributed by atoms with Gasteiger partial charge in [0.1, 0.15) is 6.04 Å². The molecule has 18 heavy (non-hydrogen) atoms. The molecule has 0 saturated carbocycles. The van der Waals surface area contributed by atoms with Crippen molar-refractivity contribution in [1.29, 1.82) is 0 Å². The number of hydrogen-bond acceptors (Lipinski definition) is 4. The first-order valence-electron chi connectivity index (χ1n) is 6.03. The molecule has 1 rings (SSSR count). The molecular formula is C12H21NO5. The Balaban J connectivity index is 2.62. The van der Waals surface area contributed by atoms with Gasteiger partial charge in [0.25, 0.3) is 0 Å². The SMILES string of the molecule is COCC(C)CC(=O)N1CC(OC)CC1C(=O)O. The van der Waals surface area contributed by atoms with E-state index in [1.165, 1.54) is 12.0 Å². The maximum absolute atomic E-state index is 12.1. The molecule has 0 aromatic heterocycles. The Hall–Kier alpha value is -1.14. The van der Waals surface area contributed by atoms with Gasteiger partial charge in [0, 0.05) is 40.2 Å². The minimum atomic E-state index is -0.970. The second-order valence-electron chi connectivity index (χ2n) is 4.76. The van der Waals surface area contributed by atoms with Gasteiger partial charge in [0.15, 0.2) is 0 Å². The Labute approximate surface area is 107 Å². The Morgan fingerprint density at radius 1 is 1.44 bits per heavy atom. The van der Waals surface area contributed by atoms with E-state index in [0.717, 1.165) is 0 Å². The highest BCUT2D eigenvalue weighted by atomic mass is 16.5. The van der Waals surface area contributed by atoms with Gasteiger partial charge in [-0.1, -0.05) is 6.92 Å². The van der Waals surface area contributed by atoms with Crippen molar-refractivity contribution in [2.24, 2.45) is 5.92 Å². The number of nitrogens with zero attached hydrogens (tertiary/aromatic N) is 1. The van der Waals surface area contributed by atoms with E-state index in [-0.39, 0.29) is 17.9 Å². The summed E-state index contributed by atoms with van der Waals surface area (Å²) in [5.41, 5.74) is 0. The molecule has 0 aliphatic carbocycles. The highest BCUT2D eigenvalue weighted by Crippen LogP contribution is 2.22. The lowest BCUT2D eigenvalue weighted by molar-refractivity contribution is -0.148. The number of carbonyl (C=O) groups is 2. The van der Waals surface area contributed by atoms with Crippen LogP contribution in [-0.4, -0.2) is 61.4 Å². The van der Waals surface area contributed by atoms with Crippen LogP contribution in [-0.2, 0) is 19.1 Å². The van der Waals surface area contributed by atoms with E-state index < -0.39 is 12.0 Å². The fourth-order valence-electron chi connectivity index (χ4n) is 2.24. The van der Waals surface area contributed by atoms with Crippen molar-refractivity contribution in [3.63, 3.8) is 0 Å². The van der Waals surface area contributed by atoms with Crippen molar-refractivity contribution in [1.82, 2.24) is 4.90 Å². The molecule has 1 heterocycles. The number of carbonyl (C=O) groups excluding carboxylic acids is 1. The number of likely N-dealkylation sites (tertiary alicyclic amines) is 1. The van der Waals surface area contributed by atoms with Crippen molar-refractivity contribution in [2.75, 3.05) is 27.4 Å². The van der Waals surface area contributed by atoms with Crippen molar-refractivity contribution >= 4 is 11.9 Å². The predicted octanol–water partition coefficient (Wildman–Crippen LogP) is 0.360. The van der Waals surface area contributed by atoms with Gasteiger partial charge in [0.05, 0.1) is 6.10 Å². The first-order chi connectivity index (χ1) is 8.49. The molecule has 1 amide bonds. The third-order valence-electron chi connectivity index (χ3n) is 3.18.